The quantitative estimate of drug-likeness (QED) is 0.122. The van der Waals surface area contributed by atoms with Gasteiger partial charge in [0.05, 0.1) is 0 Å². The summed E-state index contributed by atoms with van der Waals surface area (Å²) in [5.74, 6) is 0. The van der Waals surface area contributed by atoms with Crippen molar-refractivity contribution in [3.05, 3.63) is 72.8 Å². The standard InChI is InChI=1S/C48H12/c1-13-7-15-2-17-9-19-4-21-11-23-6-24-12-22-5-20-10-18-3-16-8-14(1)26-25(13)37-27(15)29(17)39-31(19)33(21)41-35(23)36(24)42-34(22)32(20)40-30(18)28(16)38(26)44-43(37)45(39)47(41)48(42)46(40)44/h1-12H. The molecule has 204 valence electrons. The minimum atomic E-state index is 1.42. The summed E-state index contributed by atoms with van der Waals surface area (Å²) >= 11 is 0. The Balaban J connectivity index is 1.43. The average Bonchev–Trinajstić information content (AvgIpc) is 3.93. The topological polar surface area (TPSA) is 0 Å². The zero-order chi connectivity index (χ0) is 29.3. The molecule has 0 atom stereocenters. The van der Waals surface area contributed by atoms with E-state index < -0.39 is 0 Å². The first kappa shape index (κ1) is 19.4. The Morgan fingerprint density at radius 2 is 0.188 bits per heavy atom. The van der Waals surface area contributed by atoms with E-state index in [2.05, 4.69) is 72.8 Å². The van der Waals surface area contributed by atoms with Crippen molar-refractivity contribution < 1.29 is 0 Å². The monoisotopic (exact) mass is 588 g/mol. The van der Waals surface area contributed by atoms with Crippen LogP contribution >= 0.6 is 0 Å². The van der Waals surface area contributed by atoms with E-state index in [1.807, 2.05) is 0 Å². The van der Waals surface area contributed by atoms with E-state index in [9.17, 15) is 0 Å². The third kappa shape index (κ3) is 1.36. The van der Waals surface area contributed by atoms with E-state index in [0.29, 0.717) is 0 Å². The van der Waals surface area contributed by atoms with Crippen molar-refractivity contribution in [2.24, 2.45) is 0 Å². The van der Waals surface area contributed by atoms with Gasteiger partial charge in [0.15, 0.2) is 0 Å². The molecule has 0 radical (unpaired) electrons. The van der Waals surface area contributed by atoms with Crippen molar-refractivity contribution in [2.75, 3.05) is 0 Å². The lowest BCUT2D eigenvalue weighted by Crippen LogP contribution is -1.98. The zero-order valence-electron chi connectivity index (χ0n) is 24.9. The summed E-state index contributed by atoms with van der Waals surface area (Å²) in [7, 11) is 0. The Kier molecular flexibility index (Phi) is 2.02. The highest BCUT2D eigenvalue weighted by atomic mass is 14.4. The van der Waals surface area contributed by atoms with Crippen molar-refractivity contribution in [1.29, 1.82) is 0 Å². The summed E-state index contributed by atoms with van der Waals surface area (Å²) in [6, 6.07) is 30.3. The summed E-state index contributed by atoms with van der Waals surface area (Å²) in [5.41, 5.74) is 0. The van der Waals surface area contributed by atoms with E-state index in [4.69, 9.17) is 0 Å². The second kappa shape index (κ2) is 4.98. The van der Waals surface area contributed by atoms with Crippen LogP contribution in [0.3, 0.4) is 0 Å². The van der Waals surface area contributed by atoms with Crippen LogP contribution in [0, 0.1) is 0 Å². The minimum Gasteiger partial charge on any atom is -0.0464 e. The Morgan fingerprint density at radius 1 is 0.104 bits per heavy atom. The normalized spacial score (nSPS) is 15.5. The van der Waals surface area contributed by atoms with E-state index in [-0.39, 0.29) is 0 Å². The molecule has 0 aliphatic carbocycles. The van der Waals surface area contributed by atoms with Crippen LogP contribution in [0.5, 0.6) is 0 Å². The molecule has 0 N–H and O–H groups in total. The van der Waals surface area contributed by atoms with Gasteiger partial charge in [-0.15, -0.1) is 0 Å². The molecule has 0 spiro atoms. The van der Waals surface area contributed by atoms with Gasteiger partial charge in [0.25, 0.3) is 0 Å². The second-order valence-electron chi connectivity index (χ2n) is 16.2. The Morgan fingerprint density at radius 3 is 0.292 bits per heavy atom. The van der Waals surface area contributed by atoms with E-state index >= 15 is 0 Å². The van der Waals surface area contributed by atoms with E-state index in [1.54, 1.807) is 32.3 Å². The smallest absolute Gasteiger partial charge is 0.00000151 e. The predicted octanol–water partition coefficient (Wildman–Crippen LogP) is 14.0. The van der Waals surface area contributed by atoms with Crippen molar-refractivity contribution in [2.45, 2.75) is 0 Å². The molecule has 48 heavy (non-hydrogen) atoms. The van der Waals surface area contributed by atoms with Gasteiger partial charge in [-0.3, -0.25) is 0 Å². The van der Waals surface area contributed by atoms with Crippen LogP contribution in [0.4, 0.5) is 0 Å². The average molecular weight is 589 g/mol. The molecule has 0 heterocycles. The van der Waals surface area contributed by atoms with Crippen molar-refractivity contribution in [1.82, 2.24) is 0 Å². The van der Waals surface area contributed by atoms with Gasteiger partial charge in [0, 0.05) is 0 Å². The lowest BCUT2D eigenvalue weighted by atomic mass is 9.73. The van der Waals surface area contributed by atoms with Gasteiger partial charge in [0.1, 0.15) is 0 Å². The maximum Gasteiger partial charge on any atom is -0.00000151 e. The van der Waals surface area contributed by atoms with Gasteiger partial charge in [-0.2, -0.15) is 0 Å². The molecule has 19 aromatic carbocycles. The summed E-state index contributed by atoms with van der Waals surface area (Å²) in [6.07, 6.45) is 0. The molecule has 0 bridgehead atoms. The lowest BCUT2D eigenvalue weighted by molar-refractivity contribution is 2.03. The first-order chi connectivity index (χ1) is 23.8. The summed E-state index contributed by atoms with van der Waals surface area (Å²) < 4.78 is 0. The van der Waals surface area contributed by atoms with Crippen molar-refractivity contribution >= 4 is 194 Å². The molecule has 19 rings (SSSR count). The van der Waals surface area contributed by atoms with Crippen LogP contribution in [-0.2, 0) is 0 Å². The Labute approximate surface area is 265 Å². The molecule has 0 aliphatic rings. The van der Waals surface area contributed by atoms with Crippen LogP contribution in [0.2, 0.25) is 0 Å². The molecular weight excluding hydrogens is 577 g/mol. The van der Waals surface area contributed by atoms with E-state index in [1.165, 1.54) is 162 Å². The fourth-order valence-electron chi connectivity index (χ4n) is 13.7. The molecule has 0 saturated carbocycles. The fraction of sp³-hybridized carbons (Fsp3) is 0. The lowest BCUT2D eigenvalue weighted by Gasteiger charge is -2.28. The molecule has 19 aromatic rings. The van der Waals surface area contributed by atoms with E-state index in [0.717, 1.165) is 0 Å². The third-order valence-corrected chi connectivity index (χ3v) is 14.7. The molecular formula is C48H12. The minimum absolute atomic E-state index is 1.42. The summed E-state index contributed by atoms with van der Waals surface area (Å²) in [4.78, 5) is 0. The second-order valence-corrected chi connectivity index (χ2v) is 16.2. The van der Waals surface area contributed by atoms with Crippen LogP contribution in [-0.4, -0.2) is 0 Å². The Hall–Kier alpha value is -6.24. The highest BCUT2D eigenvalue weighted by Crippen LogP contribution is 2.66. The van der Waals surface area contributed by atoms with Crippen molar-refractivity contribution in [3.63, 3.8) is 0 Å². The van der Waals surface area contributed by atoms with Gasteiger partial charge >= 0.3 is 0 Å². The molecule has 0 nitrogen and oxygen atoms in total. The molecule has 0 aromatic heterocycles. The molecule has 0 amide bonds. The van der Waals surface area contributed by atoms with Gasteiger partial charge in [-0.1, -0.05) is 0 Å². The first-order valence-electron chi connectivity index (χ1n) is 17.4. The van der Waals surface area contributed by atoms with Gasteiger partial charge in [0.2, 0.25) is 0 Å². The first-order valence-corrected chi connectivity index (χ1v) is 17.4. The molecule has 0 heteroatoms. The van der Waals surface area contributed by atoms with Crippen LogP contribution in [0.25, 0.3) is 194 Å². The molecule has 0 saturated heterocycles. The predicted molar refractivity (Wildman–Crippen MR) is 209 cm³/mol. The van der Waals surface area contributed by atoms with Crippen molar-refractivity contribution in [3.8, 4) is 0 Å². The molecule has 0 fully saturated rings. The number of benzene rings is 13. The van der Waals surface area contributed by atoms with Crippen LogP contribution in [0.1, 0.15) is 0 Å². The maximum absolute atomic E-state index is 2.52. The Bertz CT molecular complexity index is 3560. The van der Waals surface area contributed by atoms with Gasteiger partial charge in [-0.05, 0) is 267 Å². The zero-order valence-corrected chi connectivity index (χ0v) is 24.9. The number of hydrogen-bond donors (Lipinski definition) is 0. The fourth-order valence-corrected chi connectivity index (χ4v) is 13.7. The van der Waals surface area contributed by atoms with Gasteiger partial charge < -0.3 is 0 Å². The molecule has 0 unspecified atom stereocenters. The molecule has 0 aliphatic heterocycles. The summed E-state index contributed by atoms with van der Waals surface area (Å²) in [6.45, 7) is 0. The van der Waals surface area contributed by atoms with Gasteiger partial charge in [-0.25, -0.2) is 0 Å². The highest BCUT2D eigenvalue weighted by molar-refractivity contribution is 6.68. The largest absolute Gasteiger partial charge is 0.0464 e. The highest BCUT2D eigenvalue weighted by Gasteiger charge is 2.37. The summed E-state index contributed by atoms with van der Waals surface area (Å²) in [5, 5.41) is 53.7. The SMILES string of the molecule is c1c2cc3cc4cc5cc6cc7cc8cc9cc%10cc%11cc%12cc1c1c2c2c3c4c3c5c6c4c7c8c5c9c%10c6c%11c%12c1c1c2c3c4c5c61. The number of rotatable bonds is 0. The van der Waals surface area contributed by atoms with Crippen LogP contribution < -0.4 is 0 Å². The number of hydrogen-bond acceptors (Lipinski definition) is 0. The third-order valence-electron chi connectivity index (χ3n) is 14.7. The maximum atomic E-state index is 2.52. The van der Waals surface area contributed by atoms with Crippen LogP contribution in [0.15, 0.2) is 72.8 Å².